The molecule has 210 valence electrons. The monoisotopic (exact) mass is 553 g/mol. The number of carboxylic acid groups (broad SMARTS) is 1. The molecule has 1 aromatic heterocycles. The number of aromatic nitrogens is 1. The first kappa shape index (κ1) is 29.6. The first-order valence-electron chi connectivity index (χ1n) is 12.2. The molecule has 7 nitrogen and oxygen atoms in total. The molecule has 2 heterocycles. The zero-order chi connectivity index (χ0) is 28.9. The van der Waals surface area contributed by atoms with Crippen LogP contribution in [0.5, 0.6) is 5.75 Å². The van der Waals surface area contributed by atoms with Gasteiger partial charge in [-0.3, -0.25) is 4.79 Å². The summed E-state index contributed by atoms with van der Waals surface area (Å²) in [5, 5.41) is 21.9. The van der Waals surface area contributed by atoms with Gasteiger partial charge in [0.25, 0.3) is 0 Å². The molecule has 1 amide bonds. The highest BCUT2D eigenvalue weighted by atomic mass is 19.4. The van der Waals surface area contributed by atoms with Gasteiger partial charge in [0, 0.05) is 30.5 Å². The molecule has 0 bridgehead atoms. The normalized spacial score (nSPS) is 14.2. The van der Waals surface area contributed by atoms with Gasteiger partial charge in [0.1, 0.15) is 17.1 Å². The number of hydrogen-bond acceptors (Lipinski definition) is 5. The number of pyridine rings is 1. The highest BCUT2D eigenvalue weighted by Crippen LogP contribution is 2.36. The molecule has 4 rings (SSSR count). The number of nitrogens with one attached hydrogen (secondary N) is 1. The average Bonchev–Trinajstić information content (AvgIpc) is 3.39. The largest absolute Gasteiger partial charge is 0.505 e. The van der Waals surface area contributed by atoms with E-state index in [2.05, 4.69) is 15.2 Å². The van der Waals surface area contributed by atoms with E-state index in [0.717, 1.165) is 49.3 Å². The van der Waals surface area contributed by atoms with Crippen LogP contribution in [-0.2, 0) is 9.59 Å². The highest BCUT2D eigenvalue weighted by molar-refractivity contribution is 5.88. The van der Waals surface area contributed by atoms with Gasteiger partial charge in [-0.15, -0.1) is 0 Å². The second-order valence-electron chi connectivity index (χ2n) is 9.51. The zero-order valence-electron chi connectivity index (χ0n) is 21.2. The number of carbonyl (C=O) groups is 2. The summed E-state index contributed by atoms with van der Waals surface area (Å²) in [6.07, 6.45) is -2.61. The Hall–Kier alpha value is -3.96. The first-order chi connectivity index (χ1) is 18.3. The predicted octanol–water partition coefficient (Wildman–Crippen LogP) is 5.70. The maximum atomic E-state index is 14.0. The number of carbonyl (C=O) groups excluding carboxylic acids is 1. The van der Waals surface area contributed by atoms with Crippen LogP contribution in [0, 0.1) is 17.6 Å². The van der Waals surface area contributed by atoms with Gasteiger partial charge in [-0.2, -0.15) is 13.2 Å². The number of fused-ring (bicyclic) bond motifs is 1. The van der Waals surface area contributed by atoms with Gasteiger partial charge in [-0.1, -0.05) is 32.0 Å². The summed E-state index contributed by atoms with van der Waals surface area (Å²) in [6.45, 7) is 5.68. The predicted molar refractivity (Wildman–Crippen MR) is 134 cm³/mol. The Balaban J connectivity index is 0.000000532. The molecule has 1 unspecified atom stereocenters. The van der Waals surface area contributed by atoms with Gasteiger partial charge < -0.3 is 20.4 Å². The number of aliphatic carboxylic acids is 1. The van der Waals surface area contributed by atoms with Crippen LogP contribution in [0.2, 0.25) is 0 Å². The van der Waals surface area contributed by atoms with E-state index in [1.54, 1.807) is 6.07 Å². The number of rotatable bonds is 6. The maximum absolute atomic E-state index is 14.0. The van der Waals surface area contributed by atoms with E-state index >= 15 is 0 Å². The molecule has 0 aliphatic carbocycles. The second kappa shape index (κ2) is 12.3. The highest BCUT2D eigenvalue weighted by Gasteiger charge is 2.38. The van der Waals surface area contributed by atoms with Crippen molar-refractivity contribution in [2.75, 3.05) is 18.0 Å². The van der Waals surface area contributed by atoms with Gasteiger partial charge in [0.2, 0.25) is 5.91 Å². The average molecular weight is 554 g/mol. The molecule has 0 radical (unpaired) electrons. The van der Waals surface area contributed by atoms with Crippen LogP contribution >= 0.6 is 0 Å². The number of phenols is 1. The number of nitrogens with zero attached hydrogens (tertiary/aromatic N) is 2. The second-order valence-corrected chi connectivity index (χ2v) is 9.51. The van der Waals surface area contributed by atoms with E-state index < -0.39 is 29.8 Å². The summed E-state index contributed by atoms with van der Waals surface area (Å²) >= 11 is 0. The number of anilines is 1. The van der Waals surface area contributed by atoms with Crippen molar-refractivity contribution < 1.29 is 41.8 Å². The standard InChI is InChI=1S/C25H27F2N3O2.C2HF3O2/c1-15(2)13-22(31)29-23(17-6-9-19(26)20(27)14-17)18-8-5-16-7-10-21(28-24(16)25(18)32)30-11-3-4-12-30;3-2(4,5)1(6)7/h5-10,14-15,23,32H,3-4,11-13H2,1-2H3,(H,29,31);(H,6,7). The van der Waals surface area contributed by atoms with Crippen LogP contribution in [0.25, 0.3) is 10.9 Å². The molecule has 0 saturated carbocycles. The van der Waals surface area contributed by atoms with Crippen LogP contribution in [0.1, 0.15) is 50.3 Å². The Labute approximate surface area is 221 Å². The van der Waals surface area contributed by atoms with Gasteiger partial charge in [-0.05, 0) is 48.6 Å². The Bertz CT molecular complexity index is 1340. The molecule has 1 saturated heterocycles. The Morgan fingerprint density at radius 3 is 2.21 bits per heavy atom. The van der Waals surface area contributed by atoms with Gasteiger partial charge in [0.05, 0.1) is 6.04 Å². The van der Waals surface area contributed by atoms with Gasteiger partial charge >= 0.3 is 12.1 Å². The molecular formula is C27H28F5N3O4. The number of benzene rings is 2. The SMILES string of the molecule is CC(C)CC(=O)NC(c1ccc(F)c(F)c1)c1ccc2ccc(N3CCCC3)nc2c1O.O=C(O)C(F)(F)F. The lowest BCUT2D eigenvalue weighted by Crippen LogP contribution is -2.30. The van der Waals surface area contributed by atoms with E-state index in [4.69, 9.17) is 9.90 Å². The van der Waals surface area contributed by atoms with E-state index in [9.17, 15) is 31.9 Å². The number of carboxylic acids is 1. The van der Waals surface area contributed by atoms with Crippen molar-refractivity contribution in [1.29, 1.82) is 0 Å². The zero-order valence-corrected chi connectivity index (χ0v) is 21.2. The number of hydrogen-bond donors (Lipinski definition) is 3. The smallest absolute Gasteiger partial charge is 0.490 e. The number of amides is 1. The quantitative estimate of drug-likeness (QED) is 0.339. The minimum atomic E-state index is -5.08. The van der Waals surface area contributed by atoms with Crippen LogP contribution in [0.3, 0.4) is 0 Å². The van der Waals surface area contributed by atoms with Crippen molar-refractivity contribution in [3.05, 3.63) is 65.2 Å². The molecule has 1 atom stereocenters. The minimum absolute atomic E-state index is 0.0804. The molecule has 39 heavy (non-hydrogen) atoms. The van der Waals surface area contributed by atoms with Crippen molar-refractivity contribution in [1.82, 2.24) is 10.3 Å². The van der Waals surface area contributed by atoms with Crippen LogP contribution in [0.15, 0.2) is 42.5 Å². The van der Waals surface area contributed by atoms with Crippen molar-refractivity contribution in [3.8, 4) is 5.75 Å². The molecule has 0 spiro atoms. The van der Waals surface area contributed by atoms with E-state index in [0.29, 0.717) is 16.6 Å². The van der Waals surface area contributed by atoms with E-state index in [1.807, 2.05) is 32.0 Å². The van der Waals surface area contributed by atoms with Crippen LogP contribution in [-0.4, -0.2) is 46.3 Å². The fourth-order valence-corrected chi connectivity index (χ4v) is 4.16. The summed E-state index contributed by atoms with van der Waals surface area (Å²) in [5.41, 5.74) is 1.13. The van der Waals surface area contributed by atoms with Crippen LogP contribution < -0.4 is 10.2 Å². The molecule has 2 aromatic carbocycles. The number of alkyl halides is 3. The Kier molecular flexibility index (Phi) is 9.31. The van der Waals surface area contributed by atoms with Gasteiger partial charge in [0.15, 0.2) is 11.6 Å². The summed E-state index contributed by atoms with van der Waals surface area (Å²) in [4.78, 5) is 28.3. The maximum Gasteiger partial charge on any atom is 0.490 e. The Morgan fingerprint density at radius 2 is 1.64 bits per heavy atom. The third-order valence-electron chi connectivity index (χ3n) is 6.01. The summed E-state index contributed by atoms with van der Waals surface area (Å²) < 4.78 is 59.3. The molecule has 1 fully saturated rings. The molecule has 3 aromatic rings. The minimum Gasteiger partial charge on any atom is -0.505 e. The van der Waals surface area contributed by atoms with Crippen molar-refractivity contribution in [3.63, 3.8) is 0 Å². The van der Waals surface area contributed by atoms with Crippen molar-refractivity contribution in [2.45, 2.75) is 45.3 Å². The third kappa shape index (κ3) is 7.55. The molecule has 3 N–H and O–H groups in total. The first-order valence-corrected chi connectivity index (χ1v) is 12.2. The van der Waals surface area contributed by atoms with Crippen molar-refractivity contribution >= 4 is 28.6 Å². The van der Waals surface area contributed by atoms with Crippen LogP contribution in [0.4, 0.5) is 27.8 Å². The molecular weight excluding hydrogens is 525 g/mol. The molecule has 12 heteroatoms. The van der Waals surface area contributed by atoms with E-state index in [-0.39, 0.29) is 24.0 Å². The number of phenolic OH excluding ortho intramolecular Hbond substituents is 1. The summed E-state index contributed by atoms with van der Waals surface area (Å²) in [7, 11) is 0. The fourth-order valence-electron chi connectivity index (χ4n) is 4.16. The Morgan fingerprint density at radius 1 is 1.03 bits per heavy atom. The topological polar surface area (TPSA) is 103 Å². The lowest BCUT2D eigenvalue weighted by Gasteiger charge is -2.23. The lowest BCUT2D eigenvalue weighted by atomic mass is 9.95. The molecule has 1 aliphatic heterocycles. The number of halogens is 5. The van der Waals surface area contributed by atoms with E-state index in [1.165, 1.54) is 6.07 Å². The summed E-state index contributed by atoms with van der Waals surface area (Å²) in [6, 6.07) is 9.98. The number of aromatic hydroxyl groups is 1. The van der Waals surface area contributed by atoms with Crippen molar-refractivity contribution in [2.24, 2.45) is 5.92 Å². The lowest BCUT2D eigenvalue weighted by molar-refractivity contribution is -0.192. The molecule has 1 aliphatic rings. The third-order valence-corrected chi connectivity index (χ3v) is 6.01. The fraction of sp³-hybridized carbons (Fsp3) is 0.370. The van der Waals surface area contributed by atoms with Gasteiger partial charge in [-0.25, -0.2) is 18.6 Å². The summed E-state index contributed by atoms with van der Waals surface area (Å²) in [5.74, 6) is -4.16.